The van der Waals surface area contributed by atoms with E-state index < -0.39 is 4.92 Å². The van der Waals surface area contributed by atoms with Crippen molar-refractivity contribution in [2.45, 2.75) is 27.7 Å². The maximum absolute atomic E-state index is 10.8. The van der Waals surface area contributed by atoms with Crippen LogP contribution >= 0.6 is 0 Å². The third kappa shape index (κ3) is 3.21. The molecule has 6 heteroatoms. The molecule has 1 aromatic heterocycles. The maximum atomic E-state index is 10.8. The summed E-state index contributed by atoms with van der Waals surface area (Å²) in [4.78, 5) is 14.2. The molecule has 0 spiro atoms. The number of imidazole rings is 1. The second-order valence-corrected chi connectivity index (χ2v) is 5.32. The van der Waals surface area contributed by atoms with Gasteiger partial charge in [-0.25, -0.2) is 0 Å². The molecule has 0 saturated heterocycles. The zero-order valence-electron chi connectivity index (χ0n) is 11.7. The normalized spacial score (nSPS) is 11.6. The van der Waals surface area contributed by atoms with Crippen LogP contribution in [-0.4, -0.2) is 21.0 Å². The molecule has 0 unspecified atom stereocenters. The van der Waals surface area contributed by atoms with Crippen molar-refractivity contribution in [2.75, 3.05) is 11.9 Å². The molecule has 1 heterocycles. The Kier molecular flexibility index (Phi) is 4.69. The van der Waals surface area contributed by atoms with E-state index in [1.165, 1.54) is 6.33 Å². The van der Waals surface area contributed by atoms with E-state index in [1.54, 1.807) is 11.6 Å². The molecule has 0 fully saturated rings. The standard InChI is InChI=1S/C12H22N4O2/c1-8(2)10(9(3)4)6-13-11-12(16(17)18)14-7-15(11)5/h7-10,13H,6H2,1-5H3. The number of nitrogens with zero attached hydrogens (tertiary/aromatic N) is 3. The Bertz CT molecular complexity index is 404. The fraction of sp³-hybridized carbons (Fsp3) is 0.750. The zero-order chi connectivity index (χ0) is 13.9. The van der Waals surface area contributed by atoms with Crippen LogP contribution in [0.3, 0.4) is 0 Å². The van der Waals surface area contributed by atoms with Gasteiger partial charge < -0.3 is 15.4 Å². The van der Waals surface area contributed by atoms with Crippen molar-refractivity contribution >= 4 is 11.6 Å². The number of nitrogens with one attached hydrogen (secondary N) is 1. The molecule has 0 amide bonds. The summed E-state index contributed by atoms with van der Waals surface area (Å²) < 4.78 is 1.65. The van der Waals surface area contributed by atoms with Crippen molar-refractivity contribution in [3.63, 3.8) is 0 Å². The summed E-state index contributed by atoms with van der Waals surface area (Å²) in [5.74, 6) is 1.91. The largest absolute Gasteiger partial charge is 0.406 e. The van der Waals surface area contributed by atoms with E-state index in [9.17, 15) is 10.1 Å². The minimum Gasteiger partial charge on any atom is -0.364 e. The minimum atomic E-state index is -0.456. The lowest BCUT2D eigenvalue weighted by atomic mass is 9.85. The van der Waals surface area contributed by atoms with Crippen LogP contribution in [0.15, 0.2) is 6.33 Å². The summed E-state index contributed by atoms with van der Waals surface area (Å²) in [5.41, 5.74) is 0. The number of aromatic nitrogens is 2. The average molecular weight is 254 g/mol. The number of aryl methyl sites for hydroxylation is 1. The van der Waals surface area contributed by atoms with Crippen LogP contribution in [-0.2, 0) is 7.05 Å². The van der Waals surface area contributed by atoms with Gasteiger partial charge in [-0.1, -0.05) is 27.7 Å². The number of anilines is 1. The topological polar surface area (TPSA) is 73.0 Å². The van der Waals surface area contributed by atoms with E-state index in [2.05, 4.69) is 38.0 Å². The number of rotatable bonds is 6. The van der Waals surface area contributed by atoms with Gasteiger partial charge >= 0.3 is 5.82 Å². The Morgan fingerprint density at radius 3 is 2.39 bits per heavy atom. The summed E-state index contributed by atoms with van der Waals surface area (Å²) in [6.07, 6.45) is 1.46. The zero-order valence-corrected chi connectivity index (χ0v) is 11.7. The summed E-state index contributed by atoms with van der Waals surface area (Å²) in [6.45, 7) is 9.40. The van der Waals surface area contributed by atoms with Gasteiger partial charge in [-0.15, -0.1) is 0 Å². The lowest BCUT2D eigenvalue weighted by Gasteiger charge is -2.25. The highest BCUT2D eigenvalue weighted by atomic mass is 16.6. The molecule has 0 aliphatic heterocycles. The number of hydrogen-bond donors (Lipinski definition) is 1. The molecule has 6 nitrogen and oxygen atoms in total. The van der Waals surface area contributed by atoms with E-state index in [0.29, 0.717) is 23.6 Å². The fourth-order valence-electron chi connectivity index (χ4n) is 2.21. The number of nitro groups is 1. The van der Waals surface area contributed by atoms with Gasteiger partial charge in [0.2, 0.25) is 12.1 Å². The van der Waals surface area contributed by atoms with Gasteiger partial charge in [0.1, 0.15) is 0 Å². The van der Waals surface area contributed by atoms with Gasteiger partial charge in [0, 0.05) is 13.6 Å². The SMILES string of the molecule is CC(C)C(CNc1c([N+](=O)[O-])ncn1C)C(C)C. The molecular weight excluding hydrogens is 232 g/mol. The average Bonchev–Trinajstić information content (AvgIpc) is 2.59. The number of hydrogen-bond acceptors (Lipinski definition) is 4. The predicted octanol–water partition coefficient (Wildman–Crippen LogP) is 2.67. The highest BCUT2D eigenvalue weighted by Gasteiger charge is 2.23. The summed E-state index contributed by atoms with van der Waals surface area (Å²) in [6, 6.07) is 0. The Labute approximate surface area is 108 Å². The molecule has 102 valence electrons. The van der Waals surface area contributed by atoms with Crippen LogP contribution in [0.2, 0.25) is 0 Å². The summed E-state index contributed by atoms with van der Waals surface area (Å²) in [5, 5.41) is 14.0. The molecule has 0 radical (unpaired) electrons. The predicted molar refractivity (Wildman–Crippen MR) is 71.5 cm³/mol. The van der Waals surface area contributed by atoms with Crippen LogP contribution in [0, 0.1) is 27.9 Å². The van der Waals surface area contributed by atoms with Crippen molar-refractivity contribution in [3.8, 4) is 0 Å². The van der Waals surface area contributed by atoms with Gasteiger partial charge in [0.15, 0.2) is 0 Å². The molecule has 0 aromatic carbocycles. The molecule has 0 aliphatic carbocycles. The molecule has 0 bridgehead atoms. The molecule has 1 N–H and O–H groups in total. The fourth-order valence-corrected chi connectivity index (χ4v) is 2.21. The third-order valence-corrected chi connectivity index (χ3v) is 3.31. The lowest BCUT2D eigenvalue weighted by molar-refractivity contribution is -0.388. The van der Waals surface area contributed by atoms with E-state index >= 15 is 0 Å². The van der Waals surface area contributed by atoms with Gasteiger partial charge in [-0.05, 0) is 27.7 Å². The van der Waals surface area contributed by atoms with E-state index in [1.807, 2.05) is 0 Å². The van der Waals surface area contributed by atoms with Crippen LogP contribution < -0.4 is 5.32 Å². The smallest absolute Gasteiger partial charge is 0.364 e. The quantitative estimate of drug-likeness (QED) is 0.625. The Morgan fingerprint density at radius 1 is 1.39 bits per heavy atom. The molecular formula is C12H22N4O2. The van der Waals surface area contributed by atoms with E-state index in [4.69, 9.17) is 0 Å². The van der Waals surface area contributed by atoms with Crippen LogP contribution in [0.5, 0.6) is 0 Å². The van der Waals surface area contributed by atoms with Crippen molar-refractivity contribution in [2.24, 2.45) is 24.8 Å². The maximum Gasteiger partial charge on any atom is 0.406 e. The third-order valence-electron chi connectivity index (χ3n) is 3.31. The molecule has 0 aliphatic rings. The van der Waals surface area contributed by atoms with Crippen LogP contribution in [0.4, 0.5) is 11.6 Å². The first-order valence-corrected chi connectivity index (χ1v) is 6.24. The van der Waals surface area contributed by atoms with Gasteiger partial charge in [-0.3, -0.25) is 4.57 Å². The molecule has 0 atom stereocenters. The first-order valence-electron chi connectivity index (χ1n) is 6.24. The summed E-state index contributed by atoms with van der Waals surface area (Å²) >= 11 is 0. The monoisotopic (exact) mass is 254 g/mol. The Morgan fingerprint density at radius 2 is 1.94 bits per heavy atom. The second kappa shape index (κ2) is 5.84. The van der Waals surface area contributed by atoms with Gasteiger partial charge in [-0.2, -0.15) is 0 Å². The van der Waals surface area contributed by atoms with Gasteiger partial charge in [0.25, 0.3) is 0 Å². The minimum absolute atomic E-state index is 0.108. The molecule has 1 aromatic rings. The van der Waals surface area contributed by atoms with Crippen LogP contribution in [0.1, 0.15) is 27.7 Å². The molecule has 1 rings (SSSR count). The van der Waals surface area contributed by atoms with Crippen molar-refractivity contribution in [1.82, 2.24) is 9.55 Å². The first kappa shape index (κ1) is 14.5. The summed E-state index contributed by atoms with van der Waals surface area (Å²) in [7, 11) is 1.75. The first-order chi connectivity index (χ1) is 8.34. The van der Waals surface area contributed by atoms with Crippen LogP contribution in [0.25, 0.3) is 0 Å². The van der Waals surface area contributed by atoms with E-state index in [-0.39, 0.29) is 5.82 Å². The highest BCUT2D eigenvalue weighted by Crippen LogP contribution is 2.25. The van der Waals surface area contributed by atoms with Crippen molar-refractivity contribution < 1.29 is 4.92 Å². The van der Waals surface area contributed by atoms with Crippen molar-refractivity contribution in [1.29, 1.82) is 0 Å². The highest BCUT2D eigenvalue weighted by molar-refractivity contribution is 5.51. The Balaban J connectivity index is 2.79. The van der Waals surface area contributed by atoms with Gasteiger partial charge in [0.05, 0.1) is 0 Å². The molecule has 18 heavy (non-hydrogen) atoms. The molecule has 0 saturated carbocycles. The van der Waals surface area contributed by atoms with Crippen molar-refractivity contribution in [3.05, 3.63) is 16.4 Å². The second-order valence-electron chi connectivity index (χ2n) is 5.32. The lowest BCUT2D eigenvalue weighted by Crippen LogP contribution is -2.25. The Hall–Kier alpha value is -1.59. The van der Waals surface area contributed by atoms with E-state index in [0.717, 1.165) is 6.54 Å².